The highest BCUT2D eigenvalue weighted by Crippen LogP contribution is 2.75. The molecule has 0 bridgehead atoms. The second-order valence-corrected chi connectivity index (χ2v) is 20.1. The van der Waals surface area contributed by atoms with Crippen molar-refractivity contribution in [1.82, 2.24) is 9.13 Å². The SMILES string of the molecule is C=C/C=C\C[SH](C)(C)(c1ccccc1)c1cccc(-n2c(/C=C\C)c(C3=C=c4c(c5ccccc5n4-c4ccccc4)=C3)c3ccccc32)c1. The molecule has 3 heteroatoms. The summed E-state index contributed by atoms with van der Waals surface area (Å²) in [5.74, 6) is 0.956. The van der Waals surface area contributed by atoms with Gasteiger partial charge in [0, 0.05) is 38.5 Å². The number of fused-ring (bicyclic) bond motifs is 4. The van der Waals surface area contributed by atoms with E-state index < -0.39 is 9.16 Å². The third kappa shape index (κ3) is 4.98. The molecule has 0 saturated carbocycles. The van der Waals surface area contributed by atoms with Gasteiger partial charge in [-0.3, -0.25) is 0 Å². The molecule has 246 valence electrons. The minimum absolute atomic E-state index is 0.956. The summed E-state index contributed by atoms with van der Waals surface area (Å²) in [6.45, 7) is 6.05. The smallest absolute Gasteiger partial charge is 0.0977 e. The Balaban J connectivity index is 1.40. The Morgan fingerprint density at radius 2 is 1.30 bits per heavy atom. The average molecular weight is 667 g/mol. The predicted molar refractivity (Wildman–Crippen MR) is 220 cm³/mol. The molecule has 50 heavy (non-hydrogen) atoms. The molecule has 1 aliphatic rings. The zero-order valence-electron chi connectivity index (χ0n) is 28.9. The summed E-state index contributed by atoms with van der Waals surface area (Å²) in [6, 6.07) is 48.5. The maximum Gasteiger partial charge on any atom is 0.0977 e. The molecule has 0 fully saturated rings. The Bertz CT molecular complexity index is 2660. The zero-order valence-corrected chi connectivity index (χ0v) is 29.8. The van der Waals surface area contributed by atoms with Crippen LogP contribution in [0.25, 0.3) is 56.6 Å². The molecule has 0 unspecified atom stereocenters. The first kappa shape index (κ1) is 31.5. The van der Waals surface area contributed by atoms with Crippen molar-refractivity contribution in [2.45, 2.75) is 16.7 Å². The van der Waals surface area contributed by atoms with Crippen LogP contribution in [0.3, 0.4) is 0 Å². The van der Waals surface area contributed by atoms with Crippen molar-refractivity contribution >= 4 is 54.4 Å². The fourth-order valence-electron chi connectivity index (χ4n) is 7.78. The Morgan fingerprint density at radius 3 is 2.02 bits per heavy atom. The van der Waals surface area contributed by atoms with E-state index in [1.807, 2.05) is 6.08 Å². The first-order chi connectivity index (χ1) is 24.4. The van der Waals surface area contributed by atoms with Gasteiger partial charge in [-0.25, -0.2) is 9.16 Å². The fourth-order valence-corrected chi connectivity index (χ4v) is 11.5. The molecule has 2 aromatic heterocycles. The van der Waals surface area contributed by atoms with E-state index in [0.717, 1.165) is 33.7 Å². The average Bonchev–Trinajstić information content (AvgIpc) is 3.81. The molecule has 8 rings (SSSR count). The number of nitrogens with zero attached hydrogens (tertiary/aromatic N) is 2. The molecular formula is C47H42N2S. The van der Waals surface area contributed by atoms with Gasteiger partial charge < -0.3 is 9.13 Å². The maximum atomic E-state index is 3.95. The lowest BCUT2D eigenvalue weighted by atomic mass is 10.0. The van der Waals surface area contributed by atoms with Crippen molar-refractivity contribution in [3.8, 4) is 11.4 Å². The normalized spacial score (nSPS) is 13.7. The van der Waals surface area contributed by atoms with Gasteiger partial charge in [-0.05, 0) is 83.5 Å². The number of hydrogen-bond acceptors (Lipinski definition) is 0. The lowest BCUT2D eigenvalue weighted by molar-refractivity contribution is 1.07. The third-order valence-electron chi connectivity index (χ3n) is 10.4. The van der Waals surface area contributed by atoms with E-state index in [2.05, 4.69) is 205 Å². The number of para-hydroxylation sites is 3. The topological polar surface area (TPSA) is 9.86 Å². The maximum absolute atomic E-state index is 3.95. The van der Waals surface area contributed by atoms with Crippen LogP contribution >= 0.6 is 9.16 Å². The highest BCUT2D eigenvalue weighted by atomic mass is 32.3. The summed E-state index contributed by atoms with van der Waals surface area (Å²) in [6.07, 6.45) is 18.0. The van der Waals surface area contributed by atoms with Crippen molar-refractivity contribution in [1.29, 1.82) is 0 Å². The molecule has 1 aliphatic carbocycles. The standard InChI is InChI=1S/C47H42N2S/c1-5-7-18-31-50(3,4,38-24-12-9-13-25-38)39-26-19-23-37(34-39)49-44-30-17-15-28-41(44)47(45(49)20-6-2)35-32-42-40-27-14-16-29-43(40)48(46(42)33-35)36-21-10-8-11-22-36/h5-30,32,34,50H,1,31H2,2-4H3/b18-7-,20-6-. The van der Waals surface area contributed by atoms with Gasteiger partial charge in [0.1, 0.15) is 0 Å². The quantitative estimate of drug-likeness (QED) is 0.116. The Kier molecular flexibility index (Phi) is 7.76. The van der Waals surface area contributed by atoms with Crippen LogP contribution in [-0.4, -0.2) is 27.4 Å². The first-order valence-electron chi connectivity index (χ1n) is 17.3. The van der Waals surface area contributed by atoms with Gasteiger partial charge in [-0.2, -0.15) is 0 Å². The molecule has 0 spiro atoms. The zero-order chi connectivity index (χ0) is 34.3. The van der Waals surface area contributed by atoms with E-state index in [1.54, 1.807) is 0 Å². The molecule has 0 N–H and O–H groups in total. The van der Waals surface area contributed by atoms with Crippen LogP contribution < -0.4 is 10.6 Å². The molecule has 0 radical (unpaired) electrons. The lowest BCUT2D eigenvalue weighted by Crippen LogP contribution is -2.25. The lowest BCUT2D eigenvalue weighted by Gasteiger charge is -2.56. The van der Waals surface area contributed by atoms with Crippen molar-refractivity contribution in [3.05, 3.63) is 186 Å². The summed E-state index contributed by atoms with van der Waals surface area (Å²) in [4.78, 5) is 2.79. The molecule has 0 saturated heterocycles. The Hall–Kier alpha value is -5.73. The number of rotatable bonds is 9. The van der Waals surface area contributed by atoms with E-state index in [9.17, 15) is 0 Å². The van der Waals surface area contributed by atoms with Gasteiger partial charge >= 0.3 is 0 Å². The van der Waals surface area contributed by atoms with Crippen molar-refractivity contribution < 1.29 is 0 Å². The van der Waals surface area contributed by atoms with Crippen LogP contribution in [0.5, 0.6) is 0 Å². The van der Waals surface area contributed by atoms with Crippen LogP contribution in [-0.2, 0) is 0 Å². The highest BCUT2D eigenvalue weighted by Gasteiger charge is 2.35. The predicted octanol–water partition coefficient (Wildman–Crippen LogP) is 10.4. The van der Waals surface area contributed by atoms with Gasteiger partial charge in [0.05, 0.1) is 22.1 Å². The van der Waals surface area contributed by atoms with Gasteiger partial charge in [-0.15, -0.1) is 0 Å². The summed E-state index contributed by atoms with van der Waals surface area (Å²) >= 11 is 0. The van der Waals surface area contributed by atoms with Crippen LogP contribution in [0.15, 0.2) is 174 Å². The first-order valence-corrected chi connectivity index (χ1v) is 20.6. The van der Waals surface area contributed by atoms with Gasteiger partial charge in [0.15, 0.2) is 0 Å². The number of thiol groups is 1. The van der Waals surface area contributed by atoms with Gasteiger partial charge in [0.2, 0.25) is 0 Å². The summed E-state index contributed by atoms with van der Waals surface area (Å²) in [5, 5.41) is 4.77. The number of benzene rings is 5. The summed E-state index contributed by atoms with van der Waals surface area (Å²) < 4.78 is 4.80. The number of allylic oxidation sites excluding steroid dienone is 4. The minimum Gasteiger partial charge on any atom is -0.309 e. The number of aromatic nitrogens is 2. The molecule has 0 amide bonds. The molecule has 2 heterocycles. The van der Waals surface area contributed by atoms with Gasteiger partial charge in [0.25, 0.3) is 0 Å². The van der Waals surface area contributed by atoms with Crippen molar-refractivity contribution in [3.63, 3.8) is 0 Å². The second-order valence-electron chi connectivity index (χ2n) is 13.9. The number of hydrogen-bond donors (Lipinski definition) is 1. The van der Waals surface area contributed by atoms with Crippen LogP contribution in [0.4, 0.5) is 0 Å². The summed E-state index contributed by atoms with van der Waals surface area (Å²) in [7, 11) is -2.63. The van der Waals surface area contributed by atoms with Crippen LogP contribution in [0, 0.1) is 0 Å². The van der Waals surface area contributed by atoms with E-state index in [1.165, 1.54) is 42.4 Å². The van der Waals surface area contributed by atoms with Crippen LogP contribution in [0.1, 0.15) is 18.2 Å². The van der Waals surface area contributed by atoms with Crippen LogP contribution in [0.2, 0.25) is 0 Å². The summed E-state index contributed by atoms with van der Waals surface area (Å²) in [5.41, 5.74) is 12.1. The van der Waals surface area contributed by atoms with E-state index in [0.29, 0.717) is 0 Å². The fraction of sp³-hybridized carbons (Fsp3) is 0.0851. The molecule has 0 aliphatic heterocycles. The van der Waals surface area contributed by atoms with E-state index in [4.69, 9.17) is 0 Å². The second kappa shape index (κ2) is 12.3. The van der Waals surface area contributed by atoms with Crippen molar-refractivity contribution in [2.24, 2.45) is 0 Å². The minimum atomic E-state index is -2.63. The third-order valence-corrected chi connectivity index (χ3v) is 15.6. The Labute approximate surface area is 294 Å². The van der Waals surface area contributed by atoms with E-state index in [-0.39, 0.29) is 0 Å². The largest absolute Gasteiger partial charge is 0.309 e. The Morgan fingerprint density at radius 1 is 0.680 bits per heavy atom. The van der Waals surface area contributed by atoms with Crippen molar-refractivity contribution in [2.75, 3.05) is 18.3 Å². The van der Waals surface area contributed by atoms with E-state index >= 15 is 0 Å². The molecule has 7 aromatic rings. The molecule has 2 nitrogen and oxygen atoms in total. The monoisotopic (exact) mass is 666 g/mol. The molecule has 5 aromatic carbocycles. The van der Waals surface area contributed by atoms with Gasteiger partial charge in [-0.1, -0.05) is 134 Å². The highest BCUT2D eigenvalue weighted by molar-refractivity contribution is 8.48. The molecular weight excluding hydrogens is 625 g/mol. The molecule has 0 atom stereocenters.